The molecule has 0 aromatic heterocycles. The number of hydrogen-bond donors (Lipinski definition) is 0. The van der Waals surface area contributed by atoms with E-state index in [4.69, 9.17) is 5.26 Å². The molecule has 0 aliphatic heterocycles. The number of nitriles is 1. The second kappa shape index (κ2) is 4.89. The van der Waals surface area contributed by atoms with Gasteiger partial charge in [0.2, 0.25) is 0 Å². The monoisotopic (exact) mass is 363 g/mol. The first-order valence-corrected chi connectivity index (χ1v) is 6.10. The van der Waals surface area contributed by atoms with Crippen LogP contribution in [0.15, 0.2) is 12.1 Å². The van der Waals surface area contributed by atoms with Crippen LogP contribution in [0.1, 0.15) is 21.5 Å². The molecule has 0 radical (unpaired) electrons. The fourth-order valence-corrected chi connectivity index (χ4v) is 2.48. The Morgan fingerprint density at radius 2 is 2.29 bits per heavy atom. The molecule has 0 bridgehead atoms. The predicted molar refractivity (Wildman–Crippen MR) is 66.7 cm³/mol. The molecule has 0 saturated heterocycles. The molecule has 0 N–H and O–H groups in total. The molecule has 1 rings (SSSR count). The highest BCUT2D eigenvalue weighted by Crippen LogP contribution is 2.21. The summed E-state index contributed by atoms with van der Waals surface area (Å²) in [6.07, 6.45) is 0. The van der Waals surface area contributed by atoms with Gasteiger partial charge in [0.25, 0.3) is 0 Å². The zero-order valence-electron chi connectivity index (χ0n) is 7.47. The Morgan fingerprint density at radius 3 is 2.79 bits per heavy atom. The third kappa shape index (κ3) is 2.15. The van der Waals surface area contributed by atoms with E-state index >= 15 is 0 Å². The maximum absolute atomic E-state index is 11.6. The van der Waals surface area contributed by atoms with Gasteiger partial charge in [0.1, 0.15) is 6.07 Å². The molecular formula is C10H7BrINO. The van der Waals surface area contributed by atoms with E-state index < -0.39 is 0 Å². The molecule has 72 valence electrons. The third-order valence-electron chi connectivity index (χ3n) is 1.87. The third-order valence-corrected chi connectivity index (χ3v) is 3.50. The van der Waals surface area contributed by atoms with Gasteiger partial charge in [0.05, 0.1) is 10.9 Å². The van der Waals surface area contributed by atoms with Crippen LogP contribution in [0.3, 0.4) is 0 Å². The molecule has 0 spiro atoms. The minimum atomic E-state index is 0.0176. The molecule has 14 heavy (non-hydrogen) atoms. The molecule has 0 aliphatic rings. The first kappa shape index (κ1) is 11.7. The average molecular weight is 364 g/mol. The summed E-state index contributed by atoms with van der Waals surface area (Å²) in [7, 11) is 0. The van der Waals surface area contributed by atoms with Gasteiger partial charge < -0.3 is 0 Å². The number of alkyl halides is 1. The zero-order chi connectivity index (χ0) is 10.7. The van der Waals surface area contributed by atoms with Crippen LogP contribution in [0.4, 0.5) is 0 Å². The van der Waals surface area contributed by atoms with Crippen molar-refractivity contribution in [2.75, 3.05) is 5.33 Å². The van der Waals surface area contributed by atoms with E-state index in [-0.39, 0.29) is 5.78 Å². The van der Waals surface area contributed by atoms with Gasteiger partial charge in [-0.05, 0) is 41.1 Å². The number of aryl methyl sites for hydroxylation is 1. The number of halogens is 2. The summed E-state index contributed by atoms with van der Waals surface area (Å²) in [5, 5.41) is 9.10. The summed E-state index contributed by atoms with van der Waals surface area (Å²) < 4.78 is 0.745. The Kier molecular flexibility index (Phi) is 4.08. The molecule has 0 aliphatic carbocycles. The number of rotatable bonds is 2. The number of carbonyl (C=O) groups is 1. The highest BCUT2D eigenvalue weighted by Gasteiger charge is 2.14. The number of nitrogens with zero attached hydrogens (tertiary/aromatic N) is 1. The van der Waals surface area contributed by atoms with E-state index in [1.54, 1.807) is 12.1 Å². The fraction of sp³-hybridized carbons (Fsp3) is 0.200. The molecule has 0 amide bonds. The van der Waals surface area contributed by atoms with Crippen LogP contribution in [0, 0.1) is 21.8 Å². The minimum Gasteiger partial charge on any atom is -0.293 e. The van der Waals surface area contributed by atoms with Crippen molar-refractivity contribution in [3.05, 3.63) is 32.4 Å². The van der Waals surface area contributed by atoms with Crippen LogP contribution in [0.25, 0.3) is 0 Å². The minimum absolute atomic E-state index is 0.0176. The Morgan fingerprint density at radius 1 is 1.64 bits per heavy atom. The smallest absolute Gasteiger partial charge is 0.174 e. The van der Waals surface area contributed by atoms with E-state index in [2.05, 4.69) is 22.0 Å². The van der Waals surface area contributed by atoms with Crippen LogP contribution < -0.4 is 0 Å². The van der Waals surface area contributed by atoms with Crippen molar-refractivity contribution >= 4 is 44.3 Å². The molecule has 1 aromatic carbocycles. The number of hydrogen-bond acceptors (Lipinski definition) is 2. The van der Waals surface area contributed by atoms with Gasteiger partial charge in [-0.25, -0.2) is 0 Å². The van der Waals surface area contributed by atoms with E-state index in [0.29, 0.717) is 16.5 Å². The average Bonchev–Trinajstić information content (AvgIpc) is 2.18. The quantitative estimate of drug-likeness (QED) is 0.460. The van der Waals surface area contributed by atoms with Gasteiger partial charge >= 0.3 is 0 Å². The Hall–Kier alpha value is -0.410. The topological polar surface area (TPSA) is 40.9 Å². The van der Waals surface area contributed by atoms with Crippen molar-refractivity contribution in [1.82, 2.24) is 0 Å². The van der Waals surface area contributed by atoms with Crippen molar-refractivity contribution in [2.24, 2.45) is 0 Å². The van der Waals surface area contributed by atoms with E-state index in [0.717, 1.165) is 9.13 Å². The summed E-state index contributed by atoms with van der Waals surface area (Å²) in [4.78, 5) is 11.6. The SMILES string of the molecule is Cc1ccc(C#N)c(I)c1C(=O)CBr. The van der Waals surface area contributed by atoms with Gasteiger partial charge in [0, 0.05) is 9.13 Å². The number of Topliss-reactive ketones (excluding diaryl/α,β-unsaturated/α-hetero) is 1. The molecule has 0 atom stereocenters. The molecule has 1 aromatic rings. The normalized spacial score (nSPS) is 9.57. The first-order valence-electron chi connectivity index (χ1n) is 3.90. The maximum atomic E-state index is 11.6. The molecule has 0 fully saturated rings. The fourth-order valence-electron chi connectivity index (χ4n) is 1.17. The molecule has 4 heteroatoms. The van der Waals surface area contributed by atoms with E-state index in [9.17, 15) is 4.79 Å². The summed E-state index contributed by atoms with van der Waals surface area (Å²) in [6, 6.07) is 5.61. The molecule has 2 nitrogen and oxygen atoms in total. The van der Waals surface area contributed by atoms with Gasteiger partial charge in [0.15, 0.2) is 5.78 Å². The Labute approximate surface area is 105 Å². The molecule has 0 saturated carbocycles. The van der Waals surface area contributed by atoms with Crippen LogP contribution in [-0.4, -0.2) is 11.1 Å². The van der Waals surface area contributed by atoms with Crippen molar-refractivity contribution in [2.45, 2.75) is 6.92 Å². The van der Waals surface area contributed by atoms with Crippen LogP contribution in [0.5, 0.6) is 0 Å². The second-order valence-electron chi connectivity index (χ2n) is 2.79. The van der Waals surface area contributed by atoms with Gasteiger partial charge in [-0.15, -0.1) is 0 Å². The van der Waals surface area contributed by atoms with Crippen LogP contribution in [-0.2, 0) is 0 Å². The highest BCUT2D eigenvalue weighted by atomic mass is 127. The van der Waals surface area contributed by atoms with Gasteiger partial charge in [-0.2, -0.15) is 5.26 Å². The maximum Gasteiger partial charge on any atom is 0.174 e. The largest absolute Gasteiger partial charge is 0.293 e. The number of benzene rings is 1. The highest BCUT2D eigenvalue weighted by molar-refractivity contribution is 14.1. The van der Waals surface area contributed by atoms with Gasteiger partial charge in [-0.3, -0.25) is 4.79 Å². The van der Waals surface area contributed by atoms with E-state index in [1.165, 1.54) is 0 Å². The molecule has 0 heterocycles. The second-order valence-corrected chi connectivity index (χ2v) is 4.43. The van der Waals surface area contributed by atoms with Gasteiger partial charge in [-0.1, -0.05) is 22.0 Å². The standard InChI is InChI=1S/C10H7BrINO/c1-6-2-3-7(5-13)10(12)9(6)8(14)4-11/h2-3H,4H2,1H3. The predicted octanol–water partition coefficient (Wildman–Crippen LogP) is 3.05. The van der Waals surface area contributed by atoms with Crippen molar-refractivity contribution in [1.29, 1.82) is 5.26 Å². The number of ketones is 1. The van der Waals surface area contributed by atoms with Crippen LogP contribution in [0.2, 0.25) is 0 Å². The Bertz CT molecular complexity index is 423. The van der Waals surface area contributed by atoms with Crippen molar-refractivity contribution in [3.63, 3.8) is 0 Å². The van der Waals surface area contributed by atoms with E-state index in [1.807, 2.05) is 29.5 Å². The summed E-state index contributed by atoms with van der Waals surface area (Å²) in [5.41, 5.74) is 2.12. The first-order chi connectivity index (χ1) is 6.61. The lowest BCUT2D eigenvalue weighted by molar-refractivity contribution is 0.102. The lowest BCUT2D eigenvalue weighted by atomic mass is 10.0. The Balaban J connectivity index is 3.42. The van der Waals surface area contributed by atoms with Crippen LogP contribution >= 0.6 is 38.5 Å². The summed E-state index contributed by atoms with van der Waals surface area (Å²) in [5.74, 6) is 0.0176. The van der Waals surface area contributed by atoms with Crippen molar-refractivity contribution < 1.29 is 4.79 Å². The van der Waals surface area contributed by atoms with Crippen molar-refractivity contribution in [3.8, 4) is 6.07 Å². The molecule has 0 unspecified atom stereocenters. The lowest BCUT2D eigenvalue weighted by Gasteiger charge is -2.06. The lowest BCUT2D eigenvalue weighted by Crippen LogP contribution is -2.07. The zero-order valence-corrected chi connectivity index (χ0v) is 11.2. The molecular weight excluding hydrogens is 357 g/mol. The number of carbonyl (C=O) groups excluding carboxylic acids is 1. The summed E-state index contributed by atoms with van der Waals surface area (Å²) >= 11 is 5.17. The summed E-state index contributed by atoms with van der Waals surface area (Å²) in [6.45, 7) is 1.87.